The van der Waals surface area contributed by atoms with Crippen LogP contribution in [0.25, 0.3) is 6.08 Å². The molecular weight excluding hydrogens is 534 g/mol. The highest BCUT2D eigenvalue weighted by Crippen LogP contribution is 2.35. The van der Waals surface area contributed by atoms with Gasteiger partial charge in [0.15, 0.2) is 0 Å². The van der Waals surface area contributed by atoms with Crippen molar-refractivity contribution in [1.29, 1.82) is 0 Å². The first kappa shape index (κ1) is 26.6. The molecule has 1 saturated heterocycles. The minimum Gasteiger partial charge on any atom is -0.379 e. The molecule has 0 spiro atoms. The number of hydrogen-bond acceptors (Lipinski definition) is 9. The predicted molar refractivity (Wildman–Crippen MR) is 140 cm³/mol. The molecule has 0 bridgehead atoms. The second-order valence-corrected chi connectivity index (χ2v) is 10.5. The highest BCUT2D eigenvalue weighted by Gasteiger charge is 2.36. The summed E-state index contributed by atoms with van der Waals surface area (Å²) in [6.07, 6.45) is 1.41. The number of nitrogens with one attached hydrogen (secondary N) is 1. The molecule has 3 aromatic rings. The number of rotatable bonds is 8. The van der Waals surface area contributed by atoms with E-state index in [0.717, 1.165) is 4.90 Å². The molecule has 4 rings (SSSR count). The molecule has 13 heteroatoms. The van der Waals surface area contributed by atoms with Gasteiger partial charge in [-0.1, -0.05) is 30.3 Å². The smallest absolute Gasteiger partial charge is 0.339 e. The van der Waals surface area contributed by atoms with Gasteiger partial charge in [-0.25, -0.2) is 0 Å². The number of nitro benzene ring substituents is 1. The molecule has 0 aromatic heterocycles. The second-order valence-electron chi connectivity index (χ2n) is 7.97. The number of carbonyl (C=O) groups is 3. The summed E-state index contributed by atoms with van der Waals surface area (Å²) in [6, 6.07) is 17.2. The minimum absolute atomic E-state index is 0.0242. The number of anilines is 1. The predicted octanol–water partition coefficient (Wildman–Crippen LogP) is 4.56. The summed E-state index contributed by atoms with van der Waals surface area (Å²) < 4.78 is 30.6. The zero-order valence-corrected chi connectivity index (χ0v) is 21.3. The van der Waals surface area contributed by atoms with Gasteiger partial charge in [0.05, 0.1) is 16.4 Å². The minimum atomic E-state index is -4.20. The average molecular weight is 554 g/mol. The number of thioether (sulfide) groups is 1. The van der Waals surface area contributed by atoms with Gasteiger partial charge in [0.1, 0.15) is 10.6 Å². The van der Waals surface area contributed by atoms with Gasteiger partial charge in [0.25, 0.3) is 16.8 Å². The maximum atomic E-state index is 12.9. The van der Waals surface area contributed by atoms with E-state index >= 15 is 0 Å². The number of imide groups is 1. The fourth-order valence-electron chi connectivity index (χ4n) is 3.52. The largest absolute Gasteiger partial charge is 0.379 e. The van der Waals surface area contributed by atoms with E-state index in [1.54, 1.807) is 12.1 Å². The molecule has 38 heavy (non-hydrogen) atoms. The van der Waals surface area contributed by atoms with Crippen molar-refractivity contribution >= 4 is 56.4 Å². The number of nitro groups is 1. The van der Waals surface area contributed by atoms with Gasteiger partial charge in [-0.2, -0.15) is 8.42 Å². The molecule has 3 aromatic carbocycles. The van der Waals surface area contributed by atoms with Gasteiger partial charge in [0.2, 0.25) is 5.91 Å². The van der Waals surface area contributed by atoms with Gasteiger partial charge in [-0.05, 0) is 59.8 Å². The number of benzene rings is 3. The average Bonchev–Trinajstić information content (AvgIpc) is 3.11. The third-order valence-corrected chi connectivity index (χ3v) is 7.38. The van der Waals surface area contributed by atoms with Crippen LogP contribution < -0.4 is 9.50 Å². The lowest BCUT2D eigenvalue weighted by Gasteiger charge is -2.12. The molecule has 1 heterocycles. The van der Waals surface area contributed by atoms with Crippen LogP contribution in [-0.2, 0) is 26.3 Å². The summed E-state index contributed by atoms with van der Waals surface area (Å²) in [5, 5.41) is 13.2. The highest BCUT2D eigenvalue weighted by molar-refractivity contribution is 8.18. The molecule has 194 valence electrons. The van der Waals surface area contributed by atoms with Gasteiger partial charge >= 0.3 is 10.1 Å². The first-order chi connectivity index (χ1) is 18.0. The molecule has 0 atom stereocenters. The van der Waals surface area contributed by atoms with E-state index in [1.165, 1.54) is 73.7 Å². The summed E-state index contributed by atoms with van der Waals surface area (Å²) in [7, 11) is -4.20. The van der Waals surface area contributed by atoms with Gasteiger partial charge in [-0.15, -0.1) is 0 Å². The third kappa shape index (κ3) is 6.07. The number of para-hydroxylation sites is 1. The second kappa shape index (κ2) is 10.9. The molecule has 0 aliphatic carbocycles. The Morgan fingerprint density at radius 2 is 1.79 bits per heavy atom. The molecule has 3 amide bonds. The fourth-order valence-corrected chi connectivity index (χ4v) is 5.28. The van der Waals surface area contributed by atoms with E-state index in [0.29, 0.717) is 23.0 Å². The summed E-state index contributed by atoms with van der Waals surface area (Å²) in [6.45, 7) is 1.07. The first-order valence-corrected chi connectivity index (χ1v) is 13.2. The van der Waals surface area contributed by atoms with E-state index in [1.807, 2.05) is 0 Å². The lowest BCUT2D eigenvalue weighted by molar-refractivity contribution is -0.385. The highest BCUT2D eigenvalue weighted by atomic mass is 32.2. The van der Waals surface area contributed by atoms with E-state index < -0.39 is 26.2 Å². The summed E-state index contributed by atoms with van der Waals surface area (Å²) >= 11 is 0.671. The third-order valence-electron chi connectivity index (χ3n) is 5.22. The first-order valence-electron chi connectivity index (χ1n) is 10.9. The molecule has 1 aliphatic heterocycles. The zero-order chi connectivity index (χ0) is 27.4. The van der Waals surface area contributed by atoms with Crippen molar-refractivity contribution in [2.24, 2.45) is 0 Å². The molecule has 11 nitrogen and oxygen atoms in total. The Morgan fingerprint density at radius 3 is 2.47 bits per heavy atom. The lowest BCUT2D eigenvalue weighted by Crippen LogP contribution is -2.27. The van der Waals surface area contributed by atoms with Crippen molar-refractivity contribution in [3.05, 3.63) is 98.9 Å². The van der Waals surface area contributed by atoms with Crippen LogP contribution in [-0.4, -0.2) is 35.3 Å². The standard InChI is InChI=1S/C25H19N3O8S2/c1-16(29)26-19-9-11-21(12-10-19)38(34,35)36-20-7-4-5-17(13-20)14-23-24(30)27(25(31)37-23)15-18-6-2-3-8-22(18)28(32)33/h2-14H,15H2,1H3,(H,26,29)/b23-14-. The summed E-state index contributed by atoms with van der Waals surface area (Å²) in [5.74, 6) is -0.951. The van der Waals surface area contributed by atoms with Crippen molar-refractivity contribution in [2.45, 2.75) is 18.4 Å². The topological polar surface area (TPSA) is 153 Å². The monoisotopic (exact) mass is 553 g/mol. The van der Waals surface area contributed by atoms with Crippen molar-refractivity contribution in [3.8, 4) is 5.75 Å². The van der Waals surface area contributed by atoms with Gasteiger partial charge in [-0.3, -0.25) is 29.4 Å². The zero-order valence-electron chi connectivity index (χ0n) is 19.7. The fraction of sp³-hybridized carbons (Fsp3) is 0.0800. The number of hydrogen-bond donors (Lipinski definition) is 1. The molecule has 0 radical (unpaired) electrons. The number of carbonyl (C=O) groups excluding carboxylic acids is 3. The van der Waals surface area contributed by atoms with Crippen LogP contribution in [0, 0.1) is 10.1 Å². The van der Waals surface area contributed by atoms with Crippen molar-refractivity contribution in [1.82, 2.24) is 4.90 Å². The Balaban J connectivity index is 1.51. The van der Waals surface area contributed by atoms with Crippen LogP contribution in [0.3, 0.4) is 0 Å². The van der Waals surface area contributed by atoms with E-state index in [9.17, 15) is 32.9 Å². The van der Waals surface area contributed by atoms with Crippen LogP contribution in [0.15, 0.2) is 82.6 Å². The van der Waals surface area contributed by atoms with E-state index in [-0.39, 0.29) is 39.3 Å². The normalized spacial score (nSPS) is 14.6. The summed E-state index contributed by atoms with van der Waals surface area (Å²) in [5.41, 5.74) is 0.835. The van der Waals surface area contributed by atoms with Crippen LogP contribution in [0.5, 0.6) is 5.75 Å². The van der Waals surface area contributed by atoms with Crippen molar-refractivity contribution in [2.75, 3.05) is 5.32 Å². The quantitative estimate of drug-likeness (QED) is 0.183. The van der Waals surface area contributed by atoms with Crippen LogP contribution in [0.2, 0.25) is 0 Å². The van der Waals surface area contributed by atoms with E-state index in [2.05, 4.69) is 5.32 Å². The molecule has 0 unspecified atom stereocenters. The Morgan fingerprint density at radius 1 is 1.08 bits per heavy atom. The van der Waals surface area contributed by atoms with Crippen molar-refractivity contribution < 1.29 is 31.9 Å². The Kier molecular flexibility index (Phi) is 7.60. The summed E-state index contributed by atoms with van der Waals surface area (Å²) in [4.78, 5) is 48.1. The Labute approximate surface area is 221 Å². The Bertz CT molecular complexity index is 1580. The molecular formula is C25H19N3O8S2. The maximum absolute atomic E-state index is 12.9. The lowest BCUT2D eigenvalue weighted by atomic mass is 10.1. The maximum Gasteiger partial charge on any atom is 0.339 e. The number of nitrogens with zero attached hydrogens (tertiary/aromatic N) is 2. The van der Waals surface area contributed by atoms with Crippen LogP contribution in [0.1, 0.15) is 18.1 Å². The molecule has 1 aliphatic rings. The SMILES string of the molecule is CC(=O)Nc1ccc(S(=O)(=O)Oc2cccc(/C=C3\SC(=O)N(Cc4ccccc4[N+](=O)[O-])C3=O)c2)cc1. The number of amides is 3. The van der Waals surface area contributed by atoms with Gasteiger partial charge < -0.3 is 9.50 Å². The molecule has 0 saturated carbocycles. The molecule has 1 N–H and O–H groups in total. The van der Waals surface area contributed by atoms with Gasteiger partial charge in [0, 0.05) is 24.2 Å². The van der Waals surface area contributed by atoms with Crippen molar-refractivity contribution in [3.63, 3.8) is 0 Å². The molecule has 1 fully saturated rings. The van der Waals surface area contributed by atoms with Crippen LogP contribution in [0.4, 0.5) is 16.2 Å². The van der Waals surface area contributed by atoms with E-state index in [4.69, 9.17) is 4.18 Å². The van der Waals surface area contributed by atoms with Crippen LogP contribution >= 0.6 is 11.8 Å². The Hall–Kier alpha value is -4.49.